The van der Waals surface area contributed by atoms with Crippen LogP contribution in [-0.4, -0.2) is 30.0 Å². The molecule has 4 nitrogen and oxygen atoms in total. The van der Waals surface area contributed by atoms with Crippen LogP contribution in [0.15, 0.2) is 12.4 Å². The predicted octanol–water partition coefficient (Wildman–Crippen LogP) is 0.891. The first-order chi connectivity index (χ1) is 6.88. The fourth-order valence-electron chi connectivity index (χ4n) is 1.88. The number of methoxy groups -OCH3 is 1. The van der Waals surface area contributed by atoms with Gasteiger partial charge in [-0.2, -0.15) is 5.10 Å². The van der Waals surface area contributed by atoms with Crippen LogP contribution >= 0.6 is 0 Å². The number of hydrogen-bond donors (Lipinski definition) is 1. The number of nitrogens with one attached hydrogen (secondary N) is 1. The molecule has 1 N–H and O–H groups in total. The van der Waals surface area contributed by atoms with Gasteiger partial charge in [-0.05, 0) is 31.8 Å². The van der Waals surface area contributed by atoms with E-state index in [0.717, 1.165) is 31.3 Å². The molecular formula is C10H17N3O. The molecule has 0 atom stereocenters. The molecule has 0 radical (unpaired) electrons. The summed E-state index contributed by atoms with van der Waals surface area (Å²) in [6, 6.07) is 0. The summed E-state index contributed by atoms with van der Waals surface area (Å²) in [4.78, 5) is 0. The van der Waals surface area contributed by atoms with E-state index < -0.39 is 0 Å². The molecule has 0 aromatic carbocycles. The quantitative estimate of drug-likeness (QED) is 0.778. The smallest absolute Gasteiger partial charge is 0.156 e. The second kappa shape index (κ2) is 4.46. The van der Waals surface area contributed by atoms with Crippen LogP contribution in [0.3, 0.4) is 0 Å². The molecule has 2 heterocycles. The Morgan fingerprint density at radius 1 is 1.57 bits per heavy atom. The molecular weight excluding hydrogens is 178 g/mol. The lowest BCUT2D eigenvalue weighted by Crippen LogP contribution is -2.29. The van der Waals surface area contributed by atoms with Gasteiger partial charge < -0.3 is 10.1 Å². The van der Waals surface area contributed by atoms with Crippen LogP contribution in [-0.2, 0) is 6.54 Å². The van der Waals surface area contributed by atoms with Gasteiger partial charge in [0.15, 0.2) is 5.75 Å². The molecule has 0 bridgehead atoms. The van der Waals surface area contributed by atoms with Crippen LogP contribution in [0.5, 0.6) is 5.75 Å². The summed E-state index contributed by atoms with van der Waals surface area (Å²) in [6.07, 6.45) is 6.23. The zero-order chi connectivity index (χ0) is 9.80. The first-order valence-electron chi connectivity index (χ1n) is 5.15. The lowest BCUT2D eigenvalue weighted by atomic mass is 9.98. The molecule has 0 aliphatic carbocycles. The zero-order valence-corrected chi connectivity index (χ0v) is 8.57. The molecule has 1 saturated heterocycles. The van der Waals surface area contributed by atoms with Gasteiger partial charge in [0.25, 0.3) is 0 Å². The van der Waals surface area contributed by atoms with E-state index in [1.54, 1.807) is 13.3 Å². The van der Waals surface area contributed by atoms with E-state index in [4.69, 9.17) is 4.74 Å². The van der Waals surface area contributed by atoms with Crippen molar-refractivity contribution >= 4 is 0 Å². The van der Waals surface area contributed by atoms with E-state index in [0.29, 0.717) is 0 Å². The van der Waals surface area contributed by atoms with Gasteiger partial charge in [0, 0.05) is 6.54 Å². The van der Waals surface area contributed by atoms with E-state index in [1.807, 2.05) is 10.9 Å². The lowest BCUT2D eigenvalue weighted by molar-refractivity contribution is 0.320. The molecule has 4 heteroatoms. The summed E-state index contributed by atoms with van der Waals surface area (Å²) in [5, 5.41) is 7.61. The van der Waals surface area contributed by atoms with Gasteiger partial charge in [0.2, 0.25) is 0 Å². The average Bonchev–Trinajstić information content (AvgIpc) is 2.67. The molecule has 1 aromatic heterocycles. The van der Waals surface area contributed by atoms with E-state index >= 15 is 0 Å². The Bertz CT molecular complexity index is 279. The molecule has 0 spiro atoms. The maximum absolute atomic E-state index is 5.09. The first-order valence-corrected chi connectivity index (χ1v) is 5.15. The lowest BCUT2D eigenvalue weighted by Gasteiger charge is -2.22. The normalized spacial score (nSPS) is 18.4. The maximum Gasteiger partial charge on any atom is 0.156 e. The predicted molar refractivity (Wildman–Crippen MR) is 54.4 cm³/mol. The zero-order valence-electron chi connectivity index (χ0n) is 8.57. The second-order valence-corrected chi connectivity index (χ2v) is 3.80. The van der Waals surface area contributed by atoms with Crippen molar-refractivity contribution in [2.45, 2.75) is 19.4 Å². The number of ether oxygens (including phenoxy) is 1. The highest BCUT2D eigenvalue weighted by Gasteiger charge is 2.13. The third-order valence-electron chi connectivity index (χ3n) is 2.75. The number of piperidine rings is 1. The minimum atomic E-state index is 0.765. The van der Waals surface area contributed by atoms with Gasteiger partial charge >= 0.3 is 0 Å². The molecule has 1 aliphatic rings. The molecule has 14 heavy (non-hydrogen) atoms. The van der Waals surface area contributed by atoms with Crippen molar-refractivity contribution in [2.24, 2.45) is 5.92 Å². The Kier molecular flexibility index (Phi) is 3.03. The van der Waals surface area contributed by atoms with Crippen LogP contribution < -0.4 is 10.1 Å². The Hall–Kier alpha value is -1.03. The van der Waals surface area contributed by atoms with Gasteiger partial charge in [-0.25, -0.2) is 0 Å². The summed E-state index contributed by atoms with van der Waals surface area (Å²) in [5.41, 5.74) is 0. The van der Waals surface area contributed by atoms with Crippen LogP contribution in [0.4, 0.5) is 0 Å². The average molecular weight is 195 g/mol. The highest BCUT2D eigenvalue weighted by atomic mass is 16.5. The fourth-order valence-corrected chi connectivity index (χ4v) is 1.88. The summed E-state index contributed by atoms with van der Waals surface area (Å²) in [5.74, 6) is 1.61. The Labute approximate surface area is 84.3 Å². The van der Waals surface area contributed by atoms with Crippen LogP contribution in [0.2, 0.25) is 0 Å². The first kappa shape index (κ1) is 9.52. The standard InChI is InChI=1S/C10H17N3O/c1-14-10-6-12-13(8-10)7-9-2-4-11-5-3-9/h6,8-9,11H,2-5,7H2,1H3. The van der Waals surface area contributed by atoms with E-state index in [9.17, 15) is 0 Å². The highest BCUT2D eigenvalue weighted by molar-refractivity contribution is 5.11. The molecule has 0 unspecified atom stereocenters. The molecule has 2 rings (SSSR count). The molecule has 78 valence electrons. The number of hydrogen-bond acceptors (Lipinski definition) is 3. The second-order valence-electron chi connectivity index (χ2n) is 3.80. The van der Waals surface area contributed by atoms with Crippen molar-refractivity contribution in [1.82, 2.24) is 15.1 Å². The molecule has 0 amide bonds. The minimum absolute atomic E-state index is 0.765. The maximum atomic E-state index is 5.09. The van der Waals surface area contributed by atoms with Gasteiger partial charge in [0.1, 0.15) is 0 Å². The van der Waals surface area contributed by atoms with E-state index in [1.165, 1.54) is 12.8 Å². The van der Waals surface area contributed by atoms with Crippen molar-refractivity contribution in [2.75, 3.05) is 20.2 Å². The topological polar surface area (TPSA) is 39.1 Å². The van der Waals surface area contributed by atoms with Gasteiger partial charge in [-0.3, -0.25) is 4.68 Å². The number of aromatic nitrogens is 2. The summed E-state index contributed by atoms with van der Waals surface area (Å²) < 4.78 is 7.07. The van der Waals surface area contributed by atoms with E-state index in [2.05, 4.69) is 10.4 Å². The minimum Gasteiger partial charge on any atom is -0.493 e. The SMILES string of the molecule is COc1cnn(CC2CCNCC2)c1. The number of rotatable bonds is 3. The third kappa shape index (κ3) is 2.26. The Balaban J connectivity index is 1.89. The van der Waals surface area contributed by atoms with Crippen molar-refractivity contribution < 1.29 is 4.74 Å². The van der Waals surface area contributed by atoms with Crippen molar-refractivity contribution in [3.05, 3.63) is 12.4 Å². The summed E-state index contributed by atoms with van der Waals surface area (Å²) in [6.45, 7) is 3.30. The van der Waals surface area contributed by atoms with Crippen molar-refractivity contribution in [3.8, 4) is 5.75 Å². The van der Waals surface area contributed by atoms with Crippen molar-refractivity contribution in [1.29, 1.82) is 0 Å². The van der Waals surface area contributed by atoms with Crippen molar-refractivity contribution in [3.63, 3.8) is 0 Å². The summed E-state index contributed by atoms with van der Waals surface area (Å²) >= 11 is 0. The molecule has 1 aromatic rings. The Morgan fingerprint density at radius 3 is 3.00 bits per heavy atom. The number of nitrogens with zero attached hydrogens (tertiary/aromatic N) is 2. The van der Waals surface area contributed by atoms with E-state index in [-0.39, 0.29) is 0 Å². The van der Waals surface area contributed by atoms with Crippen LogP contribution in [0.25, 0.3) is 0 Å². The Morgan fingerprint density at radius 2 is 2.36 bits per heavy atom. The summed E-state index contributed by atoms with van der Waals surface area (Å²) in [7, 11) is 1.67. The van der Waals surface area contributed by atoms with Crippen LogP contribution in [0, 0.1) is 5.92 Å². The molecule has 0 saturated carbocycles. The largest absolute Gasteiger partial charge is 0.493 e. The molecule has 1 aliphatic heterocycles. The van der Waals surface area contributed by atoms with Gasteiger partial charge in [0.05, 0.1) is 19.5 Å². The fraction of sp³-hybridized carbons (Fsp3) is 0.700. The highest BCUT2D eigenvalue weighted by Crippen LogP contribution is 2.15. The van der Waals surface area contributed by atoms with Gasteiger partial charge in [-0.1, -0.05) is 0 Å². The van der Waals surface area contributed by atoms with Gasteiger partial charge in [-0.15, -0.1) is 0 Å². The monoisotopic (exact) mass is 195 g/mol. The third-order valence-corrected chi connectivity index (χ3v) is 2.75. The molecule has 1 fully saturated rings. The van der Waals surface area contributed by atoms with Crippen LogP contribution in [0.1, 0.15) is 12.8 Å².